The van der Waals surface area contributed by atoms with Gasteiger partial charge in [0, 0.05) is 13.1 Å². The van der Waals surface area contributed by atoms with Gasteiger partial charge in [0.05, 0.1) is 6.54 Å². The Labute approximate surface area is 148 Å². The van der Waals surface area contributed by atoms with Crippen LogP contribution in [-0.2, 0) is 16.1 Å². The number of carbonyl (C=O) groups excluding carboxylic acids is 1. The lowest BCUT2D eigenvalue weighted by Gasteiger charge is -2.38. The van der Waals surface area contributed by atoms with Crippen molar-refractivity contribution in [3.05, 3.63) is 35.4 Å². The summed E-state index contributed by atoms with van der Waals surface area (Å²) in [5.41, 5.74) is 2.42. The predicted octanol–water partition coefficient (Wildman–Crippen LogP) is 1.14. The van der Waals surface area contributed by atoms with Crippen molar-refractivity contribution in [1.82, 2.24) is 15.5 Å². The zero-order chi connectivity index (χ0) is 17.9. The number of piperidine rings is 1. The normalized spacial score (nSPS) is 22.8. The lowest BCUT2D eigenvalue weighted by Crippen LogP contribution is -2.45. The summed E-state index contributed by atoms with van der Waals surface area (Å²) in [6.45, 7) is 5.51. The summed E-state index contributed by atoms with van der Waals surface area (Å²) in [7, 11) is 0. The fraction of sp³-hybridized carbons (Fsp3) is 0.579. The first kappa shape index (κ1) is 17.9. The Bertz CT molecular complexity index is 639. The van der Waals surface area contributed by atoms with Crippen molar-refractivity contribution in [3.8, 4) is 0 Å². The second-order valence-electron chi connectivity index (χ2n) is 7.46. The van der Waals surface area contributed by atoms with E-state index in [0.717, 1.165) is 38.0 Å². The molecule has 2 heterocycles. The first-order chi connectivity index (χ1) is 12.0. The third-order valence-electron chi connectivity index (χ3n) is 5.68. The molecule has 6 nitrogen and oxygen atoms in total. The number of hydrogen-bond acceptors (Lipinski definition) is 4. The average Bonchev–Trinajstić information content (AvgIpc) is 3.01. The highest BCUT2D eigenvalue weighted by Crippen LogP contribution is 2.39. The molecule has 1 aromatic carbocycles. The second kappa shape index (κ2) is 7.54. The molecule has 0 aromatic heterocycles. The molecule has 0 radical (unpaired) electrons. The molecule has 1 aromatic rings. The predicted molar refractivity (Wildman–Crippen MR) is 95.2 cm³/mol. The zero-order valence-corrected chi connectivity index (χ0v) is 14.8. The third kappa shape index (κ3) is 4.38. The van der Waals surface area contributed by atoms with Gasteiger partial charge in [-0.3, -0.25) is 14.5 Å². The van der Waals surface area contributed by atoms with Gasteiger partial charge in [-0.25, -0.2) is 0 Å². The van der Waals surface area contributed by atoms with Crippen LogP contribution >= 0.6 is 0 Å². The van der Waals surface area contributed by atoms with E-state index in [1.165, 1.54) is 5.56 Å². The highest BCUT2D eigenvalue weighted by atomic mass is 16.4. The van der Waals surface area contributed by atoms with Gasteiger partial charge >= 0.3 is 5.97 Å². The van der Waals surface area contributed by atoms with E-state index in [1.54, 1.807) is 0 Å². The highest BCUT2D eigenvalue weighted by molar-refractivity contribution is 5.78. The lowest BCUT2D eigenvalue weighted by molar-refractivity contribution is -0.139. The zero-order valence-electron chi connectivity index (χ0n) is 14.8. The van der Waals surface area contributed by atoms with E-state index in [2.05, 4.69) is 15.5 Å². The fourth-order valence-corrected chi connectivity index (χ4v) is 3.92. The van der Waals surface area contributed by atoms with Crippen LogP contribution in [0.1, 0.15) is 30.4 Å². The number of aliphatic carboxylic acids is 1. The summed E-state index contributed by atoms with van der Waals surface area (Å²) in [5.74, 6) is -0.706. The minimum absolute atomic E-state index is 0.0483. The van der Waals surface area contributed by atoms with Crippen LogP contribution in [0.5, 0.6) is 0 Å². The molecule has 136 valence electrons. The molecule has 0 bridgehead atoms. The van der Waals surface area contributed by atoms with Crippen LogP contribution in [0.15, 0.2) is 24.3 Å². The number of hydrogen-bond donors (Lipinski definition) is 3. The number of likely N-dealkylation sites (tertiary alicyclic amines) is 1. The molecule has 1 atom stereocenters. The van der Waals surface area contributed by atoms with Crippen molar-refractivity contribution in [2.75, 3.05) is 26.2 Å². The topological polar surface area (TPSA) is 81.7 Å². The van der Waals surface area contributed by atoms with E-state index in [9.17, 15) is 9.59 Å². The Morgan fingerprint density at radius 1 is 1.32 bits per heavy atom. The number of carboxylic acids is 1. The van der Waals surface area contributed by atoms with Gasteiger partial charge in [-0.05, 0) is 55.8 Å². The smallest absolute Gasteiger partial charge is 0.320 e. The standard InChI is InChI=1S/C19H27N3O3/c1-14-4-2-3-5-15(14)11-20-17(23)12-22-8-6-19(7-9-22)10-16(18(24)25)21-13-19/h2-5,16,21H,6-13H2,1H3,(H,20,23)(H,24,25)/t16-/m1/s1. The van der Waals surface area contributed by atoms with Gasteiger partial charge in [-0.15, -0.1) is 0 Å². The van der Waals surface area contributed by atoms with Gasteiger partial charge in [0.15, 0.2) is 0 Å². The quantitative estimate of drug-likeness (QED) is 0.746. The van der Waals surface area contributed by atoms with Crippen LogP contribution in [0.2, 0.25) is 0 Å². The molecule has 3 rings (SSSR count). The van der Waals surface area contributed by atoms with E-state index in [4.69, 9.17) is 5.11 Å². The Morgan fingerprint density at radius 2 is 2.04 bits per heavy atom. The number of nitrogens with one attached hydrogen (secondary N) is 2. The van der Waals surface area contributed by atoms with E-state index >= 15 is 0 Å². The van der Waals surface area contributed by atoms with Gasteiger partial charge in [0.1, 0.15) is 6.04 Å². The molecule has 2 saturated heterocycles. The van der Waals surface area contributed by atoms with E-state index in [1.807, 2.05) is 31.2 Å². The van der Waals surface area contributed by atoms with Crippen LogP contribution in [0.3, 0.4) is 0 Å². The van der Waals surface area contributed by atoms with Gasteiger partial charge in [-0.1, -0.05) is 24.3 Å². The lowest BCUT2D eigenvalue weighted by atomic mass is 9.76. The molecule has 2 fully saturated rings. The number of rotatable bonds is 5. The molecule has 0 unspecified atom stereocenters. The van der Waals surface area contributed by atoms with Crippen LogP contribution in [0.25, 0.3) is 0 Å². The van der Waals surface area contributed by atoms with Crippen molar-refractivity contribution in [2.45, 2.75) is 38.8 Å². The van der Waals surface area contributed by atoms with Crippen molar-refractivity contribution >= 4 is 11.9 Å². The molecule has 0 saturated carbocycles. The maximum Gasteiger partial charge on any atom is 0.320 e. The van der Waals surface area contributed by atoms with Crippen molar-refractivity contribution < 1.29 is 14.7 Å². The Hall–Kier alpha value is -1.92. The largest absolute Gasteiger partial charge is 0.480 e. The Morgan fingerprint density at radius 3 is 2.68 bits per heavy atom. The van der Waals surface area contributed by atoms with E-state index < -0.39 is 12.0 Å². The number of carboxylic acid groups (broad SMARTS) is 1. The van der Waals surface area contributed by atoms with E-state index in [0.29, 0.717) is 19.5 Å². The molecular weight excluding hydrogens is 318 g/mol. The average molecular weight is 345 g/mol. The van der Waals surface area contributed by atoms with Gasteiger partial charge < -0.3 is 15.7 Å². The minimum atomic E-state index is -0.755. The SMILES string of the molecule is Cc1ccccc1CNC(=O)CN1CCC2(CC1)CN[C@@H](C(=O)O)C2. The second-order valence-corrected chi connectivity index (χ2v) is 7.46. The molecule has 1 spiro atoms. The summed E-state index contributed by atoms with van der Waals surface area (Å²) in [5, 5.41) is 15.3. The first-order valence-electron chi connectivity index (χ1n) is 8.97. The van der Waals surface area contributed by atoms with Crippen LogP contribution < -0.4 is 10.6 Å². The van der Waals surface area contributed by atoms with Crippen LogP contribution in [0.4, 0.5) is 0 Å². The van der Waals surface area contributed by atoms with Gasteiger partial charge in [0.25, 0.3) is 0 Å². The number of aryl methyl sites for hydroxylation is 1. The number of nitrogens with zero attached hydrogens (tertiary/aromatic N) is 1. The highest BCUT2D eigenvalue weighted by Gasteiger charge is 2.43. The number of carbonyl (C=O) groups is 2. The van der Waals surface area contributed by atoms with Gasteiger partial charge in [-0.2, -0.15) is 0 Å². The monoisotopic (exact) mass is 345 g/mol. The molecule has 6 heteroatoms. The molecule has 25 heavy (non-hydrogen) atoms. The van der Waals surface area contributed by atoms with Crippen molar-refractivity contribution in [1.29, 1.82) is 0 Å². The number of benzene rings is 1. The first-order valence-corrected chi connectivity index (χ1v) is 8.97. The summed E-state index contributed by atoms with van der Waals surface area (Å²) in [4.78, 5) is 25.5. The van der Waals surface area contributed by atoms with Gasteiger partial charge in [0.2, 0.25) is 5.91 Å². The molecule has 2 aliphatic heterocycles. The Balaban J connectivity index is 1.42. The van der Waals surface area contributed by atoms with Crippen molar-refractivity contribution in [2.24, 2.45) is 5.41 Å². The van der Waals surface area contributed by atoms with Crippen molar-refractivity contribution in [3.63, 3.8) is 0 Å². The molecule has 2 aliphatic rings. The molecule has 1 amide bonds. The summed E-state index contributed by atoms with van der Waals surface area (Å²) < 4.78 is 0. The maximum absolute atomic E-state index is 12.2. The minimum Gasteiger partial charge on any atom is -0.480 e. The van der Waals surface area contributed by atoms with Crippen LogP contribution in [-0.4, -0.2) is 54.1 Å². The third-order valence-corrected chi connectivity index (χ3v) is 5.68. The maximum atomic E-state index is 12.2. The fourth-order valence-electron chi connectivity index (χ4n) is 3.92. The molecule has 3 N–H and O–H groups in total. The molecular formula is C19H27N3O3. The Kier molecular flexibility index (Phi) is 5.39. The van der Waals surface area contributed by atoms with Crippen LogP contribution in [0, 0.1) is 12.3 Å². The summed E-state index contributed by atoms with van der Waals surface area (Å²) in [6.07, 6.45) is 2.61. The summed E-state index contributed by atoms with van der Waals surface area (Å²) in [6, 6.07) is 7.65. The summed E-state index contributed by atoms with van der Waals surface area (Å²) >= 11 is 0. The van der Waals surface area contributed by atoms with E-state index in [-0.39, 0.29) is 11.3 Å². The number of amides is 1. The molecule has 0 aliphatic carbocycles.